The number of benzene rings is 1. The Kier molecular flexibility index (Phi) is 6.36. The zero-order chi connectivity index (χ0) is 16.0. The number of ether oxygens (including phenoxy) is 1. The highest BCUT2D eigenvalue weighted by Crippen LogP contribution is 2.09. The summed E-state index contributed by atoms with van der Waals surface area (Å²) in [5.74, 6) is -0.366. The first kappa shape index (κ1) is 17.7. The third-order valence-electron chi connectivity index (χ3n) is 2.84. The first-order chi connectivity index (χ1) is 9.72. The fourth-order valence-electron chi connectivity index (χ4n) is 1.64. The van der Waals surface area contributed by atoms with E-state index in [1.807, 2.05) is 6.07 Å². The van der Waals surface area contributed by atoms with E-state index in [-0.39, 0.29) is 12.1 Å². The Hall–Kier alpha value is -1.40. The lowest BCUT2D eigenvalue weighted by molar-refractivity contribution is 0.0377. The monoisotopic (exact) mass is 313 g/mol. The Morgan fingerprint density at radius 1 is 1.24 bits per heavy atom. The van der Waals surface area contributed by atoms with Crippen LogP contribution in [0.3, 0.4) is 0 Å². The van der Waals surface area contributed by atoms with Gasteiger partial charge in [0.05, 0.1) is 16.9 Å². The van der Waals surface area contributed by atoms with E-state index in [0.717, 1.165) is 5.56 Å². The third-order valence-corrected chi connectivity index (χ3v) is 4.69. The van der Waals surface area contributed by atoms with Crippen LogP contribution >= 0.6 is 0 Å². The van der Waals surface area contributed by atoms with Crippen molar-refractivity contribution < 1.29 is 17.9 Å². The molecule has 0 saturated heterocycles. The molecule has 0 heterocycles. The molecule has 0 saturated carbocycles. The van der Waals surface area contributed by atoms with Crippen molar-refractivity contribution in [1.29, 1.82) is 0 Å². The van der Waals surface area contributed by atoms with Crippen LogP contribution in [0.5, 0.6) is 0 Å². The second-order valence-electron chi connectivity index (χ2n) is 5.39. The molecule has 0 unspecified atom stereocenters. The van der Waals surface area contributed by atoms with Gasteiger partial charge in [0.15, 0.2) is 0 Å². The molecule has 21 heavy (non-hydrogen) atoms. The molecule has 0 aliphatic rings. The SMILES string of the molecule is CC(C)OC(=O)c1cccc(CCNS(=O)(=O)C(C)C)c1. The molecule has 118 valence electrons. The number of esters is 1. The smallest absolute Gasteiger partial charge is 0.338 e. The lowest BCUT2D eigenvalue weighted by Gasteiger charge is -2.11. The number of hydrogen-bond acceptors (Lipinski definition) is 4. The predicted octanol–water partition coefficient (Wildman–Crippen LogP) is 2.12. The highest BCUT2D eigenvalue weighted by Gasteiger charge is 2.14. The quantitative estimate of drug-likeness (QED) is 0.783. The average Bonchev–Trinajstić information content (AvgIpc) is 2.38. The maximum atomic E-state index is 11.8. The van der Waals surface area contributed by atoms with E-state index in [9.17, 15) is 13.2 Å². The van der Waals surface area contributed by atoms with Crippen LogP contribution in [0.4, 0.5) is 0 Å². The number of hydrogen-bond donors (Lipinski definition) is 1. The topological polar surface area (TPSA) is 72.5 Å². The summed E-state index contributed by atoms with van der Waals surface area (Å²) in [7, 11) is -3.25. The van der Waals surface area contributed by atoms with Crippen LogP contribution in [0.15, 0.2) is 24.3 Å². The summed E-state index contributed by atoms with van der Waals surface area (Å²) >= 11 is 0. The number of nitrogens with one attached hydrogen (secondary N) is 1. The van der Waals surface area contributed by atoms with E-state index < -0.39 is 15.3 Å². The highest BCUT2D eigenvalue weighted by molar-refractivity contribution is 7.90. The van der Waals surface area contributed by atoms with Crippen LogP contribution in [0.2, 0.25) is 0 Å². The zero-order valence-electron chi connectivity index (χ0n) is 12.9. The summed E-state index contributed by atoms with van der Waals surface area (Å²) in [6, 6.07) is 7.04. The van der Waals surface area contributed by atoms with Crippen LogP contribution < -0.4 is 4.72 Å². The Labute approximate surface area is 126 Å². The summed E-state index contributed by atoms with van der Waals surface area (Å²) in [6.45, 7) is 7.16. The van der Waals surface area contributed by atoms with E-state index in [4.69, 9.17) is 4.74 Å². The number of carbonyl (C=O) groups excluding carboxylic acids is 1. The van der Waals surface area contributed by atoms with Crippen molar-refractivity contribution in [3.05, 3.63) is 35.4 Å². The molecule has 0 aromatic heterocycles. The second kappa shape index (κ2) is 7.56. The predicted molar refractivity (Wildman–Crippen MR) is 82.8 cm³/mol. The van der Waals surface area contributed by atoms with E-state index in [0.29, 0.717) is 18.5 Å². The average molecular weight is 313 g/mol. The molecule has 0 bridgehead atoms. The van der Waals surface area contributed by atoms with Gasteiger partial charge in [-0.1, -0.05) is 12.1 Å². The van der Waals surface area contributed by atoms with Gasteiger partial charge < -0.3 is 4.74 Å². The summed E-state index contributed by atoms with van der Waals surface area (Å²) < 4.78 is 30.9. The van der Waals surface area contributed by atoms with Crippen molar-refractivity contribution in [2.45, 2.75) is 45.5 Å². The lowest BCUT2D eigenvalue weighted by Crippen LogP contribution is -2.32. The van der Waals surface area contributed by atoms with Gasteiger partial charge in [-0.2, -0.15) is 0 Å². The molecule has 1 N–H and O–H groups in total. The summed E-state index contributed by atoms with van der Waals surface area (Å²) in [6.07, 6.45) is 0.355. The van der Waals surface area contributed by atoms with Crippen LogP contribution in [0.25, 0.3) is 0 Å². The Morgan fingerprint density at radius 2 is 1.90 bits per heavy atom. The first-order valence-corrected chi connectivity index (χ1v) is 8.55. The van der Waals surface area contributed by atoms with Gasteiger partial charge in [0, 0.05) is 6.54 Å². The van der Waals surface area contributed by atoms with Gasteiger partial charge in [-0.3, -0.25) is 0 Å². The molecule has 0 fully saturated rings. The van der Waals surface area contributed by atoms with Crippen molar-refractivity contribution in [1.82, 2.24) is 4.72 Å². The van der Waals surface area contributed by atoms with Gasteiger partial charge >= 0.3 is 5.97 Å². The maximum Gasteiger partial charge on any atom is 0.338 e. The van der Waals surface area contributed by atoms with Gasteiger partial charge in [0.25, 0.3) is 0 Å². The molecular weight excluding hydrogens is 290 g/mol. The van der Waals surface area contributed by atoms with E-state index in [1.165, 1.54) is 0 Å². The molecule has 0 amide bonds. The van der Waals surface area contributed by atoms with Crippen molar-refractivity contribution >= 4 is 16.0 Å². The van der Waals surface area contributed by atoms with Gasteiger partial charge in [0.2, 0.25) is 10.0 Å². The van der Waals surface area contributed by atoms with Crippen molar-refractivity contribution in [2.75, 3.05) is 6.54 Å². The molecule has 6 heteroatoms. The van der Waals surface area contributed by atoms with Crippen LogP contribution in [-0.4, -0.2) is 32.3 Å². The van der Waals surface area contributed by atoms with Crippen LogP contribution in [-0.2, 0) is 21.2 Å². The molecule has 0 spiro atoms. The molecule has 0 atom stereocenters. The molecule has 0 aliphatic carbocycles. The van der Waals surface area contributed by atoms with Gasteiger partial charge in [-0.15, -0.1) is 0 Å². The minimum absolute atomic E-state index is 0.168. The summed E-state index contributed by atoms with van der Waals surface area (Å²) in [5, 5.41) is -0.454. The summed E-state index contributed by atoms with van der Waals surface area (Å²) in [5.41, 5.74) is 1.37. The van der Waals surface area contributed by atoms with E-state index >= 15 is 0 Å². The van der Waals surface area contributed by atoms with Crippen molar-refractivity contribution in [3.63, 3.8) is 0 Å². The van der Waals surface area contributed by atoms with Crippen molar-refractivity contribution in [2.24, 2.45) is 0 Å². The zero-order valence-corrected chi connectivity index (χ0v) is 13.7. The molecule has 5 nitrogen and oxygen atoms in total. The minimum atomic E-state index is -3.25. The largest absolute Gasteiger partial charge is 0.459 e. The van der Waals surface area contributed by atoms with Gasteiger partial charge in [0.1, 0.15) is 0 Å². The van der Waals surface area contributed by atoms with Gasteiger partial charge in [-0.05, 0) is 51.8 Å². The standard InChI is InChI=1S/C15H23NO4S/c1-11(2)20-15(17)14-7-5-6-13(10-14)8-9-16-21(18,19)12(3)4/h5-7,10-12,16H,8-9H2,1-4H3. The Morgan fingerprint density at radius 3 is 2.48 bits per heavy atom. The molecular formula is C15H23NO4S. The lowest BCUT2D eigenvalue weighted by atomic mass is 10.1. The Bertz CT molecular complexity index is 579. The van der Waals surface area contributed by atoms with Crippen molar-refractivity contribution in [3.8, 4) is 0 Å². The molecule has 1 rings (SSSR count). The minimum Gasteiger partial charge on any atom is -0.459 e. The second-order valence-corrected chi connectivity index (χ2v) is 7.71. The molecule has 0 radical (unpaired) electrons. The number of sulfonamides is 1. The fraction of sp³-hybridized carbons (Fsp3) is 0.533. The summed E-state index contributed by atoms with van der Waals surface area (Å²) in [4.78, 5) is 11.8. The normalized spacial score (nSPS) is 11.9. The highest BCUT2D eigenvalue weighted by atomic mass is 32.2. The molecule has 1 aromatic carbocycles. The van der Waals surface area contributed by atoms with E-state index in [2.05, 4.69) is 4.72 Å². The maximum absolute atomic E-state index is 11.8. The molecule has 0 aliphatic heterocycles. The van der Waals surface area contributed by atoms with Crippen LogP contribution in [0, 0.1) is 0 Å². The fourth-order valence-corrected chi connectivity index (χ4v) is 2.36. The Balaban J connectivity index is 2.63. The van der Waals surface area contributed by atoms with E-state index in [1.54, 1.807) is 45.9 Å². The third kappa shape index (κ3) is 5.85. The van der Waals surface area contributed by atoms with Gasteiger partial charge in [-0.25, -0.2) is 17.9 Å². The molecule has 1 aromatic rings. The number of carbonyl (C=O) groups is 1. The van der Waals surface area contributed by atoms with Crippen LogP contribution in [0.1, 0.15) is 43.6 Å². The number of rotatable bonds is 7. The first-order valence-electron chi connectivity index (χ1n) is 7.00.